The largest absolute Gasteiger partial charge is 0.464 e. The Bertz CT molecular complexity index is 1590. The molecule has 0 aliphatic heterocycles. The zero-order valence-corrected chi connectivity index (χ0v) is 23.4. The Morgan fingerprint density at radius 1 is 1.00 bits per heavy atom. The molecule has 0 aliphatic rings. The molecule has 0 atom stereocenters. The standard InChI is InChI=1S/C23H18F3N5O6.2C2H6/c1-11-9-28-21(30-5-4-16(29-30)22(33)36-3)18(26)19(11)31-12(2)6-14(8-17(31)32)37-23(34,35)20-15(25)7-13(24)10-27-20;2*1-2/h4-10,34-35H,1-3H3;2*1-2H3. The van der Waals surface area contributed by atoms with Gasteiger partial charge in [-0.2, -0.15) is 5.10 Å². The van der Waals surface area contributed by atoms with Crippen molar-refractivity contribution in [3.63, 3.8) is 0 Å². The lowest BCUT2D eigenvalue weighted by atomic mass is 10.2. The average molecular weight is 578 g/mol. The van der Waals surface area contributed by atoms with Gasteiger partial charge >= 0.3 is 11.9 Å². The lowest BCUT2D eigenvalue weighted by Crippen LogP contribution is -2.35. The van der Waals surface area contributed by atoms with E-state index in [1.54, 1.807) is 0 Å². The van der Waals surface area contributed by atoms with Gasteiger partial charge in [-0.1, -0.05) is 27.7 Å². The van der Waals surface area contributed by atoms with Gasteiger partial charge in [0.15, 0.2) is 28.8 Å². The van der Waals surface area contributed by atoms with E-state index in [1.807, 2.05) is 27.7 Å². The minimum absolute atomic E-state index is 0.0840. The van der Waals surface area contributed by atoms with Crippen LogP contribution in [0.15, 0.2) is 47.7 Å². The Hall–Kier alpha value is -4.56. The van der Waals surface area contributed by atoms with Crippen LogP contribution in [0.2, 0.25) is 0 Å². The summed E-state index contributed by atoms with van der Waals surface area (Å²) in [5.74, 6) is -8.23. The first kappa shape index (κ1) is 32.7. The highest BCUT2D eigenvalue weighted by molar-refractivity contribution is 5.86. The highest BCUT2D eigenvalue weighted by atomic mass is 19.1. The number of nitrogens with zero attached hydrogens (tertiary/aromatic N) is 5. The molecule has 14 heteroatoms. The zero-order chi connectivity index (χ0) is 31.1. The number of carbonyl (C=O) groups excluding carboxylic acids is 1. The fourth-order valence-electron chi connectivity index (χ4n) is 3.53. The van der Waals surface area contributed by atoms with Crippen LogP contribution in [-0.4, -0.2) is 47.6 Å². The van der Waals surface area contributed by atoms with Crippen molar-refractivity contribution in [1.82, 2.24) is 24.3 Å². The van der Waals surface area contributed by atoms with Crippen LogP contribution in [0.3, 0.4) is 0 Å². The molecule has 4 aromatic heterocycles. The molecular formula is C27H30F3N5O6. The summed E-state index contributed by atoms with van der Waals surface area (Å²) in [5, 5.41) is 24.3. The summed E-state index contributed by atoms with van der Waals surface area (Å²) >= 11 is 0. The van der Waals surface area contributed by atoms with Gasteiger partial charge in [0.05, 0.1) is 19.0 Å². The Balaban J connectivity index is 0.00000141. The smallest absolute Gasteiger partial charge is 0.372 e. The first-order valence-electron chi connectivity index (χ1n) is 12.4. The number of hydrogen-bond donors (Lipinski definition) is 2. The molecule has 0 unspecified atom stereocenters. The SMILES string of the molecule is CC.CC.COC(=O)c1ccn(-c2ncc(C)c(-n3c(C)cc(OC(O)(O)c4ncc(F)cc4F)cc3=O)c2F)n1. The van der Waals surface area contributed by atoms with E-state index in [0.717, 1.165) is 28.5 Å². The van der Waals surface area contributed by atoms with Crippen LogP contribution in [0.5, 0.6) is 5.75 Å². The van der Waals surface area contributed by atoms with Crippen molar-refractivity contribution < 1.29 is 37.7 Å². The van der Waals surface area contributed by atoms with Crippen molar-refractivity contribution in [2.75, 3.05) is 7.11 Å². The molecule has 0 saturated heterocycles. The second kappa shape index (κ2) is 13.7. The lowest BCUT2D eigenvalue weighted by Gasteiger charge is -2.23. The van der Waals surface area contributed by atoms with Gasteiger partial charge in [-0.05, 0) is 25.5 Å². The third kappa shape index (κ3) is 6.96. The van der Waals surface area contributed by atoms with Gasteiger partial charge < -0.3 is 19.7 Å². The number of aromatic nitrogens is 5. The molecule has 0 spiro atoms. The highest BCUT2D eigenvalue weighted by Gasteiger charge is 2.35. The third-order valence-corrected chi connectivity index (χ3v) is 5.15. The predicted octanol–water partition coefficient (Wildman–Crippen LogP) is 3.86. The predicted molar refractivity (Wildman–Crippen MR) is 141 cm³/mol. The van der Waals surface area contributed by atoms with Gasteiger partial charge in [0, 0.05) is 36.3 Å². The molecule has 4 aromatic rings. The average Bonchev–Trinajstić information content (AvgIpc) is 3.41. The number of aryl methyl sites for hydroxylation is 2. The second-order valence-electron chi connectivity index (χ2n) is 7.76. The number of aliphatic hydroxyl groups is 2. The second-order valence-corrected chi connectivity index (χ2v) is 7.76. The van der Waals surface area contributed by atoms with Crippen LogP contribution < -0.4 is 10.3 Å². The van der Waals surface area contributed by atoms with E-state index in [4.69, 9.17) is 4.74 Å². The summed E-state index contributed by atoms with van der Waals surface area (Å²) in [7, 11) is 1.16. The molecule has 0 amide bonds. The molecular weight excluding hydrogens is 547 g/mol. The summed E-state index contributed by atoms with van der Waals surface area (Å²) in [6, 6.07) is 3.63. The molecule has 0 saturated carbocycles. The van der Waals surface area contributed by atoms with E-state index in [1.165, 1.54) is 32.3 Å². The number of hydrogen-bond acceptors (Lipinski definition) is 9. The summed E-state index contributed by atoms with van der Waals surface area (Å²) in [4.78, 5) is 32.0. The topological polar surface area (TPSA) is 142 Å². The van der Waals surface area contributed by atoms with Crippen molar-refractivity contribution >= 4 is 5.97 Å². The van der Waals surface area contributed by atoms with Crippen molar-refractivity contribution in [2.45, 2.75) is 47.5 Å². The van der Waals surface area contributed by atoms with Gasteiger partial charge in [-0.25, -0.2) is 32.6 Å². The molecule has 2 N–H and O–H groups in total. The summed E-state index contributed by atoms with van der Waals surface area (Å²) in [6.07, 6.45) is 3.12. The zero-order valence-electron chi connectivity index (χ0n) is 23.4. The van der Waals surface area contributed by atoms with E-state index in [9.17, 15) is 28.6 Å². The van der Waals surface area contributed by atoms with Crippen molar-refractivity contribution in [1.29, 1.82) is 0 Å². The fourth-order valence-corrected chi connectivity index (χ4v) is 3.53. The molecule has 0 bridgehead atoms. The quantitative estimate of drug-likeness (QED) is 0.258. The molecule has 4 heterocycles. The van der Waals surface area contributed by atoms with Gasteiger partial charge in [0.2, 0.25) is 0 Å². The Morgan fingerprint density at radius 3 is 2.24 bits per heavy atom. The van der Waals surface area contributed by atoms with E-state index < -0.39 is 46.4 Å². The normalized spacial score (nSPS) is 10.6. The van der Waals surface area contributed by atoms with Crippen LogP contribution in [0.4, 0.5) is 13.2 Å². The number of pyridine rings is 3. The van der Waals surface area contributed by atoms with Crippen LogP contribution in [-0.2, 0) is 10.7 Å². The summed E-state index contributed by atoms with van der Waals surface area (Å²) in [5.41, 5.74) is -1.84. The maximum absolute atomic E-state index is 15.6. The van der Waals surface area contributed by atoms with E-state index in [-0.39, 0.29) is 28.5 Å². The fraction of sp³-hybridized carbons (Fsp3) is 0.296. The Morgan fingerprint density at radius 2 is 1.66 bits per heavy atom. The van der Waals surface area contributed by atoms with Crippen molar-refractivity contribution in [2.24, 2.45) is 0 Å². The number of esters is 1. The molecule has 0 aliphatic carbocycles. The summed E-state index contributed by atoms with van der Waals surface area (Å²) < 4.78 is 54.2. The number of ether oxygens (including phenoxy) is 2. The first-order valence-corrected chi connectivity index (χ1v) is 12.4. The van der Waals surface area contributed by atoms with E-state index in [0.29, 0.717) is 12.3 Å². The van der Waals surface area contributed by atoms with Crippen LogP contribution >= 0.6 is 0 Å². The maximum atomic E-state index is 15.6. The Labute approximate surface area is 233 Å². The number of methoxy groups -OCH3 is 1. The molecule has 4 rings (SSSR count). The lowest BCUT2D eigenvalue weighted by molar-refractivity contribution is -0.308. The highest BCUT2D eigenvalue weighted by Crippen LogP contribution is 2.27. The molecule has 0 fully saturated rings. The van der Waals surface area contributed by atoms with E-state index in [2.05, 4.69) is 19.8 Å². The molecule has 0 aromatic carbocycles. The summed E-state index contributed by atoms with van der Waals surface area (Å²) in [6.45, 7) is 10.9. The van der Waals surface area contributed by atoms with Gasteiger partial charge in [-0.3, -0.25) is 9.36 Å². The molecule has 0 radical (unpaired) electrons. The minimum atomic E-state index is -3.36. The monoisotopic (exact) mass is 577 g/mol. The Kier molecular flexibility index (Phi) is 10.9. The number of rotatable bonds is 6. The first-order chi connectivity index (χ1) is 19.4. The third-order valence-electron chi connectivity index (χ3n) is 5.15. The van der Waals surface area contributed by atoms with Crippen molar-refractivity contribution in [3.8, 4) is 17.3 Å². The molecule has 220 valence electrons. The van der Waals surface area contributed by atoms with Crippen LogP contribution in [0, 0.1) is 31.3 Å². The maximum Gasteiger partial charge on any atom is 0.372 e. The minimum Gasteiger partial charge on any atom is -0.464 e. The van der Waals surface area contributed by atoms with Gasteiger partial charge in [0.1, 0.15) is 11.6 Å². The van der Waals surface area contributed by atoms with Crippen LogP contribution in [0.25, 0.3) is 11.5 Å². The van der Waals surface area contributed by atoms with E-state index >= 15 is 4.39 Å². The van der Waals surface area contributed by atoms with Gasteiger partial charge in [-0.15, -0.1) is 0 Å². The number of halogens is 3. The number of carbonyl (C=O) groups is 1. The van der Waals surface area contributed by atoms with Gasteiger partial charge in [0.25, 0.3) is 5.56 Å². The van der Waals surface area contributed by atoms with Crippen molar-refractivity contribution in [3.05, 3.63) is 93.3 Å². The van der Waals surface area contributed by atoms with Crippen LogP contribution in [0.1, 0.15) is 55.1 Å². The molecule has 11 nitrogen and oxygen atoms in total. The molecule has 41 heavy (non-hydrogen) atoms.